The molecule has 4 nitrogen and oxygen atoms in total. The minimum atomic E-state index is -2.41. The first-order valence-corrected chi connectivity index (χ1v) is 12.5. The van der Waals surface area contributed by atoms with Crippen LogP contribution in [-0.2, 0) is 21.0 Å². The average Bonchev–Trinajstić information content (AvgIpc) is 2.70. The number of hydrogen-bond acceptors (Lipinski definition) is 7. The number of nitrogens with zero attached hydrogens (tertiary/aromatic N) is 2. The van der Waals surface area contributed by atoms with Crippen molar-refractivity contribution in [3.8, 4) is 0 Å². The summed E-state index contributed by atoms with van der Waals surface area (Å²) in [6.07, 6.45) is 1.03. The van der Waals surface area contributed by atoms with Gasteiger partial charge in [0.15, 0.2) is 5.04 Å². The minimum Gasteiger partial charge on any atom is -0.328 e. The highest BCUT2D eigenvalue weighted by atomic mass is 32.9. The van der Waals surface area contributed by atoms with Gasteiger partial charge in [0.05, 0.1) is 12.3 Å². The highest BCUT2D eigenvalue weighted by Gasteiger charge is 2.38. The van der Waals surface area contributed by atoms with Crippen molar-refractivity contribution >= 4 is 51.4 Å². The summed E-state index contributed by atoms with van der Waals surface area (Å²) in [6, 6.07) is 0. The topological polar surface area (TPSA) is 43.2 Å². The zero-order valence-electron chi connectivity index (χ0n) is 14.5. The summed E-state index contributed by atoms with van der Waals surface area (Å²) in [5.74, 6) is 0.918. The molecule has 0 radical (unpaired) electrons. The number of aliphatic imine (C=N–C) groups is 1. The van der Waals surface area contributed by atoms with Crippen LogP contribution in [0.3, 0.4) is 0 Å². The molecule has 0 N–H and O–H groups in total. The lowest BCUT2D eigenvalue weighted by atomic mass is 9.90. The second-order valence-electron chi connectivity index (χ2n) is 6.44. The first-order chi connectivity index (χ1) is 10.0. The Labute approximate surface area is 148 Å². The predicted octanol–water partition coefficient (Wildman–Crippen LogP) is 5.69. The molecule has 0 saturated carbocycles. The van der Waals surface area contributed by atoms with Crippen molar-refractivity contribution < 1.29 is 9.15 Å². The summed E-state index contributed by atoms with van der Waals surface area (Å²) in [4.78, 5) is 4.57. The molecule has 0 bridgehead atoms. The molecule has 1 atom stereocenters. The summed E-state index contributed by atoms with van der Waals surface area (Å²) < 4.78 is 11.4. The van der Waals surface area contributed by atoms with Crippen LogP contribution < -0.4 is 0 Å². The quantitative estimate of drug-likeness (QED) is 0.418. The minimum absolute atomic E-state index is 0.0757. The zero-order valence-corrected chi connectivity index (χ0v) is 17.8. The lowest BCUT2D eigenvalue weighted by molar-refractivity contribution is 0.281. The molecule has 1 aliphatic rings. The summed E-state index contributed by atoms with van der Waals surface area (Å²) >= 11 is 8.74. The molecular weight excluding hydrogens is 355 g/mol. The van der Waals surface area contributed by atoms with E-state index in [-0.39, 0.29) is 10.3 Å². The molecule has 0 aromatic heterocycles. The van der Waals surface area contributed by atoms with Gasteiger partial charge in [-0.05, 0) is 39.0 Å². The van der Waals surface area contributed by atoms with E-state index >= 15 is 0 Å². The van der Waals surface area contributed by atoms with E-state index in [4.69, 9.17) is 25.9 Å². The van der Waals surface area contributed by atoms with Gasteiger partial charge in [0.25, 0.3) is 0 Å². The number of oxime groups is 1. The molecular formula is C14H27N2O2PS3. The molecule has 0 amide bonds. The van der Waals surface area contributed by atoms with Crippen molar-refractivity contribution in [1.82, 2.24) is 0 Å². The molecule has 128 valence electrons. The summed E-state index contributed by atoms with van der Waals surface area (Å²) in [5, 5.41) is 5.18. The highest BCUT2D eigenvalue weighted by Crippen LogP contribution is 2.61. The fourth-order valence-corrected chi connectivity index (χ4v) is 7.06. The van der Waals surface area contributed by atoms with Crippen LogP contribution in [0, 0.1) is 5.41 Å². The van der Waals surface area contributed by atoms with E-state index in [1.807, 2.05) is 6.92 Å². The molecule has 1 heterocycles. The lowest BCUT2D eigenvalue weighted by Gasteiger charge is -2.20. The van der Waals surface area contributed by atoms with Crippen LogP contribution in [0.4, 0.5) is 0 Å². The largest absolute Gasteiger partial charge is 0.328 e. The SMILES string of the molecule is CCCSP(=S)(OCC)ON=C1SC(C)(C)N=C1C(C)(C)C. The zero-order chi connectivity index (χ0) is 17.0. The average molecular weight is 383 g/mol. The second kappa shape index (κ2) is 8.02. The van der Waals surface area contributed by atoms with Crippen molar-refractivity contribution in [1.29, 1.82) is 0 Å². The molecule has 22 heavy (non-hydrogen) atoms. The van der Waals surface area contributed by atoms with Crippen molar-refractivity contribution in [3.05, 3.63) is 0 Å². The molecule has 1 unspecified atom stereocenters. The van der Waals surface area contributed by atoms with Crippen LogP contribution in [0.1, 0.15) is 54.9 Å². The van der Waals surface area contributed by atoms with Crippen LogP contribution in [0.15, 0.2) is 10.1 Å². The fraction of sp³-hybridized carbons (Fsp3) is 0.857. The van der Waals surface area contributed by atoms with Gasteiger partial charge < -0.3 is 9.15 Å². The predicted molar refractivity (Wildman–Crippen MR) is 106 cm³/mol. The molecule has 8 heteroatoms. The fourth-order valence-electron chi connectivity index (χ4n) is 1.71. The van der Waals surface area contributed by atoms with Crippen LogP contribution in [0.5, 0.6) is 0 Å². The Morgan fingerprint density at radius 3 is 2.50 bits per heavy atom. The smallest absolute Gasteiger partial charge is 0.321 e. The molecule has 0 aliphatic carbocycles. The van der Waals surface area contributed by atoms with Crippen molar-refractivity contribution in [2.45, 2.75) is 59.8 Å². The maximum atomic E-state index is 5.73. The van der Waals surface area contributed by atoms with Gasteiger partial charge in [-0.15, -0.1) is 0 Å². The summed E-state index contributed by atoms with van der Waals surface area (Å²) in [6.45, 7) is 15.1. The van der Waals surface area contributed by atoms with Crippen LogP contribution >= 0.6 is 28.8 Å². The first kappa shape index (κ1) is 20.5. The van der Waals surface area contributed by atoms with E-state index in [1.54, 1.807) is 23.1 Å². The molecule has 1 aliphatic heterocycles. The van der Waals surface area contributed by atoms with Crippen LogP contribution in [0.25, 0.3) is 0 Å². The van der Waals surface area contributed by atoms with E-state index in [0.717, 1.165) is 22.9 Å². The maximum absolute atomic E-state index is 5.73. The lowest BCUT2D eigenvalue weighted by Crippen LogP contribution is -2.24. The van der Waals surface area contributed by atoms with Gasteiger partial charge in [-0.3, -0.25) is 4.99 Å². The summed E-state index contributed by atoms with van der Waals surface area (Å²) in [5.41, 5.74) is -1.52. The maximum Gasteiger partial charge on any atom is 0.321 e. The van der Waals surface area contributed by atoms with Gasteiger partial charge in [-0.1, -0.05) is 56.0 Å². The number of hydrogen-bond donors (Lipinski definition) is 0. The molecule has 0 aromatic carbocycles. The van der Waals surface area contributed by atoms with Crippen LogP contribution in [-0.4, -0.2) is 28.0 Å². The van der Waals surface area contributed by atoms with Gasteiger partial charge in [0.2, 0.25) is 0 Å². The van der Waals surface area contributed by atoms with Gasteiger partial charge in [-0.2, -0.15) is 0 Å². The molecule has 0 fully saturated rings. The standard InChI is InChI=1S/C14H27N2O2PS3/c1-8-10-21-19(20,17-9-2)18-16-12-11(13(3,4)5)15-14(6,7)22-12/h8-10H2,1-7H3. The molecule has 0 aromatic rings. The van der Waals surface area contributed by atoms with Crippen molar-refractivity contribution in [2.75, 3.05) is 12.4 Å². The van der Waals surface area contributed by atoms with Crippen molar-refractivity contribution in [3.63, 3.8) is 0 Å². The third-order valence-corrected chi connectivity index (χ3v) is 8.90. The highest BCUT2D eigenvalue weighted by molar-refractivity contribution is 8.67. The van der Waals surface area contributed by atoms with Gasteiger partial charge in [0.1, 0.15) is 4.87 Å². The Morgan fingerprint density at radius 1 is 1.36 bits per heavy atom. The van der Waals surface area contributed by atoms with Gasteiger partial charge in [-0.25, -0.2) is 0 Å². The number of rotatable bonds is 7. The molecule has 0 saturated heterocycles. The van der Waals surface area contributed by atoms with Crippen molar-refractivity contribution in [2.24, 2.45) is 15.6 Å². The van der Waals surface area contributed by atoms with E-state index in [9.17, 15) is 0 Å². The number of thioether (sulfide) groups is 1. The Balaban J connectivity index is 2.96. The van der Waals surface area contributed by atoms with E-state index in [1.165, 1.54) is 0 Å². The Bertz CT molecular complexity index is 499. The Kier molecular flexibility index (Phi) is 7.47. The van der Waals surface area contributed by atoms with Crippen LogP contribution in [0.2, 0.25) is 0 Å². The first-order valence-electron chi connectivity index (χ1n) is 7.48. The second-order valence-corrected chi connectivity index (χ2v) is 14.4. The van der Waals surface area contributed by atoms with Gasteiger partial charge >= 0.3 is 5.69 Å². The van der Waals surface area contributed by atoms with E-state index in [2.05, 4.69) is 46.7 Å². The monoisotopic (exact) mass is 382 g/mol. The molecule has 0 spiro atoms. The third-order valence-electron chi connectivity index (χ3n) is 2.60. The Morgan fingerprint density at radius 2 is 2.00 bits per heavy atom. The van der Waals surface area contributed by atoms with Gasteiger partial charge in [0, 0.05) is 11.2 Å². The normalized spacial score (nSPS) is 22.5. The molecule has 1 rings (SSSR count). The van der Waals surface area contributed by atoms with E-state index < -0.39 is 5.69 Å². The van der Waals surface area contributed by atoms with E-state index in [0.29, 0.717) is 6.61 Å². The third kappa shape index (κ3) is 6.16. The summed E-state index contributed by atoms with van der Waals surface area (Å²) in [7, 11) is 0. The Hall–Kier alpha value is 0.450.